The molecule has 0 bridgehead atoms. The van der Waals surface area contributed by atoms with Crippen LogP contribution in [0, 0.1) is 0 Å². The SMILES string of the molecule is CC(N)Cc1ccc(OCc2ncnn2C(C)C)cc1. The van der Waals surface area contributed by atoms with Crippen molar-refractivity contribution in [1.29, 1.82) is 0 Å². The standard InChI is InChI=1S/C15H22N4O/c1-11(2)19-15(17-10-18-19)9-20-14-6-4-13(5-7-14)8-12(3)16/h4-7,10-12H,8-9,16H2,1-3H3. The zero-order valence-corrected chi connectivity index (χ0v) is 12.3. The van der Waals surface area contributed by atoms with E-state index in [0.717, 1.165) is 18.0 Å². The van der Waals surface area contributed by atoms with Crippen LogP contribution in [0.3, 0.4) is 0 Å². The van der Waals surface area contributed by atoms with E-state index in [1.807, 2.05) is 35.9 Å². The Morgan fingerprint density at radius 2 is 1.90 bits per heavy atom. The summed E-state index contributed by atoms with van der Waals surface area (Å²) in [5.74, 6) is 1.66. The van der Waals surface area contributed by atoms with Gasteiger partial charge >= 0.3 is 0 Å². The Labute approximate surface area is 119 Å². The fourth-order valence-corrected chi connectivity index (χ4v) is 2.05. The van der Waals surface area contributed by atoms with Crippen LogP contribution in [-0.4, -0.2) is 20.8 Å². The van der Waals surface area contributed by atoms with E-state index in [0.29, 0.717) is 6.61 Å². The number of hydrogen-bond acceptors (Lipinski definition) is 4. The Morgan fingerprint density at radius 1 is 1.20 bits per heavy atom. The summed E-state index contributed by atoms with van der Waals surface area (Å²) in [5, 5.41) is 4.19. The van der Waals surface area contributed by atoms with Crippen molar-refractivity contribution in [2.45, 2.75) is 45.9 Å². The molecule has 5 nitrogen and oxygen atoms in total. The lowest BCUT2D eigenvalue weighted by atomic mass is 10.1. The van der Waals surface area contributed by atoms with E-state index in [1.54, 1.807) is 6.33 Å². The molecule has 2 N–H and O–H groups in total. The van der Waals surface area contributed by atoms with Gasteiger partial charge in [-0.1, -0.05) is 12.1 Å². The summed E-state index contributed by atoms with van der Waals surface area (Å²) in [6, 6.07) is 8.48. The molecule has 0 aliphatic carbocycles. The molecule has 0 aliphatic heterocycles. The van der Waals surface area contributed by atoms with Gasteiger partial charge < -0.3 is 10.5 Å². The molecule has 1 unspecified atom stereocenters. The molecule has 0 aliphatic rings. The molecule has 0 amide bonds. The molecule has 0 saturated heterocycles. The van der Waals surface area contributed by atoms with E-state index in [1.165, 1.54) is 5.56 Å². The van der Waals surface area contributed by atoms with Gasteiger partial charge in [-0.3, -0.25) is 0 Å². The maximum atomic E-state index is 5.78. The van der Waals surface area contributed by atoms with E-state index in [4.69, 9.17) is 10.5 Å². The molecule has 2 rings (SSSR count). The maximum Gasteiger partial charge on any atom is 0.165 e. The quantitative estimate of drug-likeness (QED) is 0.878. The first-order chi connectivity index (χ1) is 9.56. The van der Waals surface area contributed by atoms with Gasteiger partial charge in [0.1, 0.15) is 18.7 Å². The zero-order chi connectivity index (χ0) is 14.5. The number of aromatic nitrogens is 3. The van der Waals surface area contributed by atoms with Crippen molar-refractivity contribution in [3.05, 3.63) is 42.0 Å². The van der Waals surface area contributed by atoms with Crippen molar-refractivity contribution in [2.24, 2.45) is 5.73 Å². The van der Waals surface area contributed by atoms with Gasteiger partial charge in [0.2, 0.25) is 0 Å². The van der Waals surface area contributed by atoms with Crippen LogP contribution in [0.1, 0.15) is 38.2 Å². The normalized spacial score (nSPS) is 12.7. The van der Waals surface area contributed by atoms with E-state index in [-0.39, 0.29) is 12.1 Å². The molecule has 5 heteroatoms. The molecular weight excluding hydrogens is 252 g/mol. The third-order valence-corrected chi connectivity index (χ3v) is 2.99. The van der Waals surface area contributed by atoms with E-state index >= 15 is 0 Å². The molecule has 1 aromatic heterocycles. The van der Waals surface area contributed by atoms with Crippen LogP contribution >= 0.6 is 0 Å². The molecule has 108 valence electrons. The highest BCUT2D eigenvalue weighted by Gasteiger charge is 2.08. The Balaban J connectivity index is 1.95. The Hall–Kier alpha value is -1.88. The Bertz CT molecular complexity index is 531. The highest BCUT2D eigenvalue weighted by molar-refractivity contribution is 5.27. The van der Waals surface area contributed by atoms with E-state index in [2.05, 4.69) is 23.9 Å². The highest BCUT2D eigenvalue weighted by Crippen LogP contribution is 2.15. The van der Waals surface area contributed by atoms with Crippen molar-refractivity contribution >= 4 is 0 Å². The number of nitrogens with zero attached hydrogens (tertiary/aromatic N) is 3. The minimum absolute atomic E-state index is 0.173. The molecule has 1 heterocycles. The van der Waals surface area contributed by atoms with Crippen LogP contribution in [0.2, 0.25) is 0 Å². The van der Waals surface area contributed by atoms with Crippen molar-refractivity contribution in [3.63, 3.8) is 0 Å². The van der Waals surface area contributed by atoms with E-state index in [9.17, 15) is 0 Å². The fourth-order valence-electron chi connectivity index (χ4n) is 2.05. The number of ether oxygens (including phenoxy) is 1. The van der Waals surface area contributed by atoms with Crippen LogP contribution in [0.5, 0.6) is 5.75 Å². The molecular formula is C15H22N4O. The lowest BCUT2D eigenvalue weighted by molar-refractivity contribution is 0.282. The van der Waals surface area contributed by atoms with Crippen molar-refractivity contribution in [1.82, 2.24) is 14.8 Å². The minimum atomic E-state index is 0.173. The maximum absolute atomic E-state index is 5.78. The molecule has 2 aromatic rings. The van der Waals surface area contributed by atoms with Crippen LogP contribution in [-0.2, 0) is 13.0 Å². The number of benzene rings is 1. The zero-order valence-electron chi connectivity index (χ0n) is 12.3. The van der Waals surface area contributed by atoms with Crippen LogP contribution in [0.4, 0.5) is 0 Å². The van der Waals surface area contributed by atoms with Gasteiger partial charge in [0, 0.05) is 12.1 Å². The second-order valence-corrected chi connectivity index (χ2v) is 5.33. The fraction of sp³-hybridized carbons (Fsp3) is 0.467. The third kappa shape index (κ3) is 3.81. The van der Waals surface area contributed by atoms with Crippen molar-refractivity contribution < 1.29 is 4.74 Å². The second kappa shape index (κ2) is 6.52. The summed E-state index contributed by atoms with van der Waals surface area (Å²) < 4.78 is 7.61. The van der Waals surface area contributed by atoms with Gasteiger partial charge in [-0.15, -0.1) is 0 Å². The first-order valence-electron chi connectivity index (χ1n) is 6.92. The van der Waals surface area contributed by atoms with Crippen molar-refractivity contribution in [2.75, 3.05) is 0 Å². The highest BCUT2D eigenvalue weighted by atomic mass is 16.5. The largest absolute Gasteiger partial charge is 0.486 e. The predicted octanol–water partition coefficient (Wildman–Crippen LogP) is 2.33. The van der Waals surface area contributed by atoms with Gasteiger partial charge in [-0.05, 0) is 44.9 Å². The van der Waals surface area contributed by atoms with Crippen molar-refractivity contribution in [3.8, 4) is 5.75 Å². The topological polar surface area (TPSA) is 66.0 Å². The van der Waals surface area contributed by atoms with Gasteiger partial charge in [0.25, 0.3) is 0 Å². The lowest BCUT2D eigenvalue weighted by Crippen LogP contribution is -2.17. The van der Waals surface area contributed by atoms with Gasteiger partial charge in [0.15, 0.2) is 5.82 Å². The molecule has 0 radical (unpaired) electrons. The first-order valence-corrected chi connectivity index (χ1v) is 6.92. The summed E-state index contributed by atoms with van der Waals surface area (Å²) >= 11 is 0. The molecule has 20 heavy (non-hydrogen) atoms. The Kier molecular flexibility index (Phi) is 4.74. The molecule has 1 atom stereocenters. The summed E-state index contributed by atoms with van der Waals surface area (Å²) in [7, 11) is 0. The van der Waals surface area contributed by atoms with Crippen LogP contribution < -0.4 is 10.5 Å². The predicted molar refractivity (Wildman–Crippen MR) is 78.5 cm³/mol. The van der Waals surface area contributed by atoms with E-state index < -0.39 is 0 Å². The summed E-state index contributed by atoms with van der Waals surface area (Å²) in [6.07, 6.45) is 2.44. The van der Waals surface area contributed by atoms with Gasteiger partial charge in [-0.2, -0.15) is 5.10 Å². The van der Waals surface area contributed by atoms with Crippen LogP contribution in [0.15, 0.2) is 30.6 Å². The number of hydrogen-bond donors (Lipinski definition) is 1. The number of nitrogens with two attached hydrogens (primary N) is 1. The Morgan fingerprint density at radius 3 is 2.50 bits per heavy atom. The van der Waals surface area contributed by atoms with Gasteiger partial charge in [0.05, 0.1) is 0 Å². The lowest BCUT2D eigenvalue weighted by Gasteiger charge is -2.11. The molecule has 0 fully saturated rings. The van der Waals surface area contributed by atoms with Gasteiger partial charge in [-0.25, -0.2) is 9.67 Å². The first kappa shape index (κ1) is 14.5. The molecule has 0 saturated carbocycles. The third-order valence-electron chi connectivity index (χ3n) is 2.99. The molecule has 0 spiro atoms. The minimum Gasteiger partial charge on any atom is -0.486 e. The number of rotatable bonds is 6. The second-order valence-electron chi connectivity index (χ2n) is 5.33. The summed E-state index contributed by atoms with van der Waals surface area (Å²) in [6.45, 7) is 6.57. The average Bonchev–Trinajstić information content (AvgIpc) is 2.86. The average molecular weight is 274 g/mol. The summed E-state index contributed by atoms with van der Waals surface area (Å²) in [5.41, 5.74) is 7.00. The molecule has 1 aromatic carbocycles. The smallest absolute Gasteiger partial charge is 0.165 e. The summed E-state index contributed by atoms with van der Waals surface area (Å²) in [4.78, 5) is 4.22. The monoisotopic (exact) mass is 274 g/mol. The van der Waals surface area contributed by atoms with Crippen LogP contribution in [0.25, 0.3) is 0 Å².